The van der Waals surface area contributed by atoms with Crippen molar-refractivity contribution in [1.82, 2.24) is 34.1 Å². The van der Waals surface area contributed by atoms with Crippen molar-refractivity contribution in [2.45, 2.75) is 24.5 Å². The minimum absolute atomic E-state index is 0.0172. The minimum atomic E-state index is -1.19. The van der Waals surface area contributed by atoms with Crippen molar-refractivity contribution in [3.63, 3.8) is 0 Å². The van der Waals surface area contributed by atoms with Gasteiger partial charge in [0.25, 0.3) is 0 Å². The van der Waals surface area contributed by atoms with Crippen LogP contribution in [0.4, 0.5) is 0 Å². The Morgan fingerprint density at radius 2 is 2.03 bits per heavy atom. The summed E-state index contributed by atoms with van der Waals surface area (Å²) >= 11 is 0. The molecule has 4 atom stereocenters. The number of aryl methyl sites for hydroxylation is 1. The Morgan fingerprint density at radius 1 is 1.21 bits per heavy atom. The quantitative estimate of drug-likeness (QED) is 0.280. The van der Waals surface area contributed by atoms with Crippen LogP contribution in [-0.2, 0) is 11.8 Å². The molecular formula is C17H20N8O4. The van der Waals surface area contributed by atoms with Crippen molar-refractivity contribution in [3.05, 3.63) is 42.9 Å². The average molecular weight is 400 g/mol. The first-order valence-electron chi connectivity index (χ1n) is 8.79. The molecule has 0 aliphatic carbocycles. The number of hydrogen-bond donors (Lipinski definition) is 5. The molecule has 1 fully saturated rings. The largest absolute Gasteiger partial charge is 0.394 e. The van der Waals surface area contributed by atoms with Gasteiger partial charge in [-0.1, -0.05) is 0 Å². The standard InChI is InChI=1S/C11H15N5O4.C6H5N3/c1-15-3-14-9(12)6-10(15)16(4-13-6)11-8(19)7(18)5(2-17)20-11;1-2-8-6-3-7-4-9-5(1)6/h3-5,7-8,11-12,17-19H,2H2,1H3;1-4,8H/t5-,7-,8-,11-;/m1./s1. The number of hydrogen-bond acceptors (Lipinski definition) is 9. The van der Waals surface area contributed by atoms with Crippen LogP contribution in [0.5, 0.6) is 0 Å². The number of nitrogens with one attached hydrogen (secondary N) is 2. The third kappa shape index (κ3) is 3.38. The number of aliphatic hydroxyl groups is 3. The van der Waals surface area contributed by atoms with E-state index in [1.807, 2.05) is 12.3 Å². The lowest BCUT2D eigenvalue weighted by Crippen LogP contribution is -2.33. The summed E-state index contributed by atoms with van der Waals surface area (Å²) in [6.07, 6.45) is 3.93. The maximum absolute atomic E-state index is 10.0. The number of nitrogens with zero attached hydrogens (tertiary/aromatic N) is 6. The van der Waals surface area contributed by atoms with E-state index in [0.29, 0.717) is 11.2 Å². The van der Waals surface area contributed by atoms with Gasteiger partial charge in [0.2, 0.25) is 0 Å². The number of aromatic nitrogens is 7. The molecule has 4 aromatic heterocycles. The number of fused-ring (bicyclic) bond motifs is 2. The SMILES string of the molecule is Cn1cnc(=N)c2ncn([C@@H]3O[C@H](CO)[C@@H](O)[C@H]3O)c21.c1ncc2[nH]ccc2n1. The van der Waals surface area contributed by atoms with Crippen molar-refractivity contribution in [2.75, 3.05) is 6.61 Å². The van der Waals surface area contributed by atoms with Gasteiger partial charge < -0.3 is 29.6 Å². The molecule has 5 heterocycles. The molecule has 0 aromatic carbocycles. The van der Waals surface area contributed by atoms with E-state index in [1.54, 1.807) is 17.8 Å². The van der Waals surface area contributed by atoms with Gasteiger partial charge in [-0.05, 0) is 6.07 Å². The fraction of sp³-hybridized carbons (Fsp3) is 0.353. The molecule has 5 N–H and O–H groups in total. The van der Waals surface area contributed by atoms with Gasteiger partial charge in [0.15, 0.2) is 11.7 Å². The highest BCUT2D eigenvalue weighted by Gasteiger charge is 2.43. The summed E-state index contributed by atoms with van der Waals surface area (Å²) in [4.78, 5) is 18.8. The Labute approximate surface area is 163 Å². The van der Waals surface area contributed by atoms with E-state index < -0.39 is 31.1 Å². The summed E-state index contributed by atoms with van der Waals surface area (Å²) in [5.74, 6) is 0. The Kier molecular flexibility index (Phi) is 5.07. The van der Waals surface area contributed by atoms with Crippen LogP contribution in [0.15, 0.2) is 37.4 Å². The number of aromatic amines is 1. The fourth-order valence-corrected chi connectivity index (χ4v) is 3.22. The topological polar surface area (TPSA) is 171 Å². The van der Waals surface area contributed by atoms with Crippen molar-refractivity contribution in [3.8, 4) is 0 Å². The molecule has 152 valence electrons. The van der Waals surface area contributed by atoms with Crippen LogP contribution < -0.4 is 5.49 Å². The van der Waals surface area contributed by atoms with Crippen LogP contribution in [0.1, 0.15) is 6.23 Å². The zero-order valence-electron chi connectivity index (χ0n) is 15.4. The highest BCUT2D eigenvalue weighted by Crippen LogP contribution is 2.30. The molecule has 12 heteroatoms. The maximum Gasteiger partial charge on any atom is 0.176 e. The number of imidazole rings is 1. The second-order valence-corrected chi connectivity index (χ2v) is 6.56. The number of rotatable bonds is 2. The number of ether oxygens (including phenoxy) is 1. The molecule has 0 amide bonds. The van der Waals surface area contributed by atoms with E-state index in [0.717, 1.165) is 11.0 Å². The Morgan fingerprint density at radius 3 is 2.76 bits per heavy atom. The van der Waals surface area contributed by atoms with Gasteiger partial charge in [-0.15, -0.1) is 0 Å². The highest BCUT2D eigenvalue weighted by atomic mass is 16.6. The summed E-state index contributed by atoms with van der Waals surface area (Å²) in [7, 11) is 1.73. The zero-order valence-corrected chi connectivity index (χ0v) is 15.4. The van der Waals surface area contributed by atoms with Gasteiger partial charge in [-0.2, -0.15) is 0 Å². The van der Waals surface area contributed by atoms with Crippen molar-refractivity contribution in [1.29, 1.82) is 5.41 Å². The molecule has 0 bridgehead atoms. The lowest BCUT2D eigenvalue weighted by molar-refractivity contribution is -0.0512. The van der Waals surface area contributed by atoms with Crippen LogP contribution in [0.2, 0.25) is 0 Å². The molecule has 5 rings (SSSR count). The first-order chi connectivity index (χ1) is 14.0. The van der Waals surface area contributed by atoms with Crippen LogP contribution in [0, 0.1) is 5.41 Å². The minimum Gasteiger partial charge on any atom is -0.394 e. The molecule has 0 unspecified atom stereocenters. The van der Waals surface area contributed by atoms with E-state index in [9.17, 15) is 10.2 Å². The number of H-pyrrole nitrogens is 1. The molecule has 4 aromatic rings. The average Bonchev–Trinajstić information content (AvgIpc) is 3.44. The van der Waals surface area contributed by atoms with Crippen molar-refractivity contribution in [2.24, 2.45) is 7.05 Å². The number of aliphatic hydroxyl groups excluding tert-OH is 3. The predicted molar refractivity (Wildman–Crippen MR) is 99.3 cm³/mol. The lowest BCUT2D eigenvalue weighted by atomic mass is 10.1. The van der Waals surface area contributed by atoms with Gasteiger partial charge in [-0.3, -0.25) is 9.98 Å². The van der Waals surface area contributed by atoms with E-state index in [4.69, 9.17) is 15.3 Å². The van der Waals surface area contributed by atoms with Crippen LogP contribution >= 0.6 is 0 Å². The summed E-state index contributed by atoms with van der Waals surface area (Å²) < 4.78 is 8.63. The summed E-state index contributed by atoms with van der Waals surface area (Å²) in [5.41, 5.74) is 2.87. The monoisotopic (exact) mass is 400 g/mol. The van der Waals surface area contributed by atoms with Crippen LogP contribution in [0.25, 0.3) is 22.2 Å². The molecule has 0 spiro atoms. The molecule has 1 aliphatic rings. The predicted octanol–water partition coefficient (Wildman–Crippen LogP) is -1.18. The molecule has 1 saturated heterocycles. The smallest absolute Gasteiger partial charge is 0.176 e. The fourth-order valence-electron chi connectivity index (χ4n) is 3.22. The summed E-state index contributed by atoms with van der Waals surface area (Å²) in [5, 5.41) is 36.7. The normalized spacial score (nSPS) is 24.0. The van der Waals surface area contributed by atoms with E-state index >= 15 is 0 Å². The van der Waals surface area contributed by atoms with Gasteiger partial charge in [-0.25, -0.2) is 19.9 Å². The second kappa shape index (κ2) is 7.67. The highest BCUT2D eigenvalue weighted by molar-refractivity contribution is 5.72. The Bertz CT molecular complexity index is 1150. The van der Waals surface area contributed by atoms with E-state index in [1.165, 1.54) is 23.5 Å². The second-order valence-electron chi connectivity index (χ2n) is 6.56. The van der Waals surface area contributed by atoms with Gasteiger partial charge in [0.1, 0.15) is 35.8 Å². The van der Waals surface area contributed by atoms with Gasteiger partial charge in [0.05, 0.1) is 36.5 Å². The summed E-state index contributed by atoms with van der Waals surface area (Å²) in [6.45, 7) is -0.390. The third-order valence-corrected chi connectivity index (χ3v) is 4.70. The first kappa shape index (κ1) is 19.1. The van der Waals surface area contributed by atoms with E-state index in [-0.39, 0.29) is 5.49 Å². The third-order valence-electron chi connectivity index (χ3n) is 4.70. The molecule has 29 heavy (non-hydrogen) atoms. The van der Waals surface area contributed by atoms with Crippen LogP contribution in [-0.4, -0.2) is 74.3 Å². The lowest BCUT2D eigenvalue weighted by Gasteiger charge is -2.17. The Hall–Kier alpha value is -3.19. The molecule has 1 aliphatic heterocycles. The summed E-state index contributed by atoms with van der Waals surface area (Å²) in [6, 6.07) is 1.91. The molecule has 0 saturated carbocycles. The van der Waals surface area contributed by atoms with Crippen LogP contribution in [0.3, 0.4) is 0 Å². The van der Waals surface area contributed by atoms with E-state index in [2.05, 4.69) is 24.9 Å². The van der Waals surface area contributed by atoms with Gasteiger partial charge >= 0.3 is 0 Å². The van der Waals surface area contributed by atoms with Crippen molar-refractivity contribution < 1.29 is 20.1 Å². The molecule has 0 radical (unpaired) electrons. The maximum atomic E-state index is 10.0. The zero-order chi connectivity index (χ0) is 20.5. The molecular weight excluding hydrogens is 380 g/mol. The molecule has 12 nitrogen and oxygen atoms in total. The first-order valence-corrected chi connectivity index (χ1v) is 8.79. The Balaban J connectivity index is 0.000000188. The van der Waals surface area contributed by atoms with Crippen molar-refractivity contribution >= 4 is 22.2 Å². The van der Waals surface area contributed by atoms with Gasteiger partial charge in [0, 0.05) is 13.2 Å².